The maximum absolute atomic E-state index is 8.84. The van der Waals surface area contributed by atoms with Gasteiger partial charge >= 0.3 is 0 Å². The first kappa shape index (κ1) is 16.0. The molecule has 20 heavy (non-hydrogen) atoms. The number of aliphatic hydroxyl groups excluding tert-OH is 1. The summed E-state index contributed by atoms with van der Waals surface area (Å²) < 4.78 is 0. The van der Waals surface area contributed by atoms with Gasteiger partial charge < -0.3 is 10.0 Å². The van der Waals surface area contributed by atoms with Gasteiger partial charge in [-0.3, -0.25) is 0 Å². The lowest BCUT2D eigenvalue weighted by Crippen LogP contribution is -2.33. The molecule has 0 unspecified atom stereocenters. The SMILES string of the molecule is OCCCCCCN(CC1CCCC1)C[C@@H]1C=CCC1. The lowest BCUT2D eigenvalue weighted by molar-refractivity contribution is 0.205. The van der Waals surface area contributed by atoms with E-state index in [-0.39, 0.29) is 0 Å². The molecule has 0 heterocycles. The van der Waals surface area contributed by atoms with Gasteiger partial charge in [-0.05, 0) is 56.9 Å². The first-order valence-corrected chi connectivity index (χ1v) is 8.88. The number of rotatable bonds is 10. The molecule has 1 saturated carbocycles. The van der Waals surface area contributed by atoms with Crippen molar-refractivity contribution in [2.24, 2.45) is 11.8 Å². The van der Waals surface area contributed by atoms with E-state index in [4.69, 9.17) is 5.11 Å². The molecule has 0 spiro atoms. The summed E-state index contributed by atoms with van der Waals surface area (Å²) in [5.74, 6) is 1.78. The fraction of sp³-hybridized carbons (Fsp3) is 0.889. The van der Waals surface area contributed by atoms with E-state index in [0.29, 0.717) is 6.61 Å². The smallest absolute Gasteiger partial charge is 0.0431 e. The Morgan fingerprint density at radius 3 is 2.45 bits per heavy atom. The zero-order valence-corrected chi connectivity index (χ0v) is 13.1. The van der Waals surface area contributed by atoms with E-state index >= 15 is 0 Å². The van der Waals surface area contributed by atoms with Crippen molar-refractivity contribution in [3.8, 4) is 0 Å². The minimum atomic E-state index is 0.360. The Balaban J connectivity index is 1.68. The van der Waals surface area contributed by atoms with Crippen molar-refractivity contribution in [1.82, 2.24) is 4.90 Å². The Morgan fingerprint density at radius 2 is 1.75 bits per heavy atom. The molecule has 0 aliphatic heterocycles. The molecule has 2 nitrogen and oxygen atoms in total. The number of hydrogen-bond donors (Lipinski definition) is 1. The summed E-state index contributed by atoms with van der Waals surface area (Å²) in [6, 6.07) is 0. The average Bonchev–Trinajstić information content (AvgIpc) is 3.12. The van der Waals surface area contributed by atoms with E-state index in [1.807, 2.05) is 0 Å². The number of unbranched alkanes of at least 4 members (excludes halogenated alkanes) is 3. The molecule has 0 bridgehead atoms. The van der Waals surface area contributed by atoms with Gasteiger partial charge in [0.1, 0.15) is 0 Å². The molecule has 1 atom stereocenters. The summed E-state index contributed by atoms with van der Waals surface area (Å²) in [7, 11) is 0. The van der Waals surface area contributed by atoms with Crippen molar-refractivity contribution in [3.63, 3.8) is 0 Å². The molecule has 116 valence electrons. The highest BCUT2D eigenvalue weighted by atomic mass is 16.2. The standard InChI is InChI=1S/C18H33NO/c20-14-8-2-1-7-13-19(15-17-9-3-4-10-17)16-18-11-5-6-12-18/h3,9,17-18,20H,1-2,4-8,10-16H2/t17-/m1/s1. The fourth-order valence-electron chi connectivity index (χ4n) is 3.79. The number of allylic oxidation sites excluding steroid dienone is 1. The first-order valence-electron chi connectivity index (χ1n) is 8.88. The Morgan fingerprint density at radius 1 is 0.950 bits per heavy atom. The molecule has 1 fully saturated rings. The van der Waals surface area contributed by atoms with E-state index in [9.17, 15) is 0 Å². The lowest BCUT2D eigenvalue weighted by atomic mass is 10.0. The molecule has 2 aliphatic rings. The van der Waals surface area contributed by atoms with Crippen molar-refractivity contribution in [1.29, 1.82) is 0 Å². The molecule has 0 saturated heterocycles. The van der Waals surface area contributed by atoms with Gasteiger partial charge in [-0.25, -0.2) is 0 Å². The van der Waals surface area contributed by atoms with Crippen LogP contribution < -0.4 is 0 Å². The van der Waals surface area contributed by atoms with Crippen LogP contribution in [0.4, 0.5) is 0 Å². The van der Waals surface area contributed by atoms with Gasteiger partial charge in [-0.15, -0.1) is 0 Å². The maximum Gasteiger partial charge on any atom is 0.0431 e. The van der Waals surface area contributed by atoms with Gasteiger partial charge in [-0.1, -0.05) is 37.8 Å². The van der Waals surface area contributed by atoms with Gasteiger partial charge in [0.2, 0.25) is 0 Å². The second-order valence-electron chi connectivity index (χ2n) is 6.81. The van der Waals surface area contributed by atoms with Crippen molar-refractivity contribution < 1.29 is 5.11 Å². The molecule has 2 heteroatoms. The topological polar surface area (TPSA) is 23.5 Å². The van der Waals surface area contributed by atoms with Gasteiger partial charge in [0, 0.05) is 19.7 Å². The van der Waals surface area contributed by atoms with Crippen LogP contribution in [0, 0.1) is 11.8 Å². The Labute approximate surface area is 125 Å². The largest absolute Gasteiger partial charge is 0.396 e. The molecule has 2 aliphatic carbocycles. The third kappa shape index (κ3) is 5.97. The van der Waals surface area contributed by atoms with Crippen LogP contribution in [0.2, 0.25) is 0 Å². The van der Waals surface area contributed by atoms with Crippen molar-refractivity contribution >= 4 is 0 Å². The van der Waals surface area contributed by atoms with Crippen molar-refractivity contribution in [2.45, 2.75) is 64.2 Å². The van der Waals surface area contributed by atoms with Crippen LogP contribution in [0.1, 0.15) is 64.2 Å². The molecule has 2 rings (SSSR count). The predicted octanol–water partition coefficient (Wildman–Crippen LogP) is 4.00. The van der Waals surface area contributed by atoms with Crippen LogP contribution in [-0.2, 0) is 0 Å². The number of nitrogens with zero attached hydrogens (tertiary/aromatic N) is 1. The second-order valence-corrected chi connectivity index (χ2v) is 6.81. The van der Waals surface area contributed by atoms with E-state index in [2.05, 4.69) is 17.1 Å². The van der Waals surface area contributed by atoms with Crippen LogP contribution in [0.25, 0.3) is 0 Å². The normalized spacial score (nSPS) is 23.2. The van der Waals surface area contributed by atoms with Crippen LogP contribution in [0.15, 0.2) is 12.2 Å². The van der Waals surface area contributed by atoms with E-state index in [1.54, 1.807) is 0 Å². The molecule has 1 N–H and O–H groups in total. The Kier molecular flexibility index (Phi) is 7.67. The Hall–Kier alpha value is -0.340. The van der Waals surface area contributed by atoms with Crippen molar-refractivity contribution in [3.05, 3.63) is 12.2 Å². The minimum absolute atomic E-state index is 0.360. The predicted molar refractivity (Wildman–Crippen MR) is 85.8 cm³/mol. The van der Waals surface area contributed by atoms with Crippen LogP contribution in [0.5, 0.6) is 0 Å². The highest BCUT2D eigenvalue weighted by Crippen LogP contribution is 2.27. The zero-order valence-electron chi connectivity index (χ0n) is 13.1. The quantitative estimate of drug-likeness (QED) is 0.483. The van der Waals surface area contributed by atoms with Crippen LogP contribution in [0.3, 0.4) is 0 Å². The van der Waals surface area contributed by atoms with Gasteiger partial charge in [0.05, 0.1) is 0 Å². The monoisotopic (exact) mass is 279 g/mol. The van der Waals surface area contributed by atoms with Gasteiger partial charge in [0.15, 0.2) is 0 Å². The summed E-state index contributed by atoms with van der Waals surface area (Å²) in [6.45, 7) is 4.25. The summed E-state index contributed by atoms with van der Waals surface area (Å²) in [5, 5.41) is 8.84. The van der Waals surface area contributed by atoms with Crippen LogP contribution in [-0.4, -0.2) is 36.2 Å². The van der Waals surface area contributed by atoms with Gasteiger partial charge in [-0.2, -0.15) is 0 Å². The number of aliphatic hydroxyl groups is 1. The summed E-state index contributed by atoms with van der Waals surface area (Å²) >= 11 is 0. The third-order valence-electron chi connectivity index (χ3n) is 4.98. The van der Waals surface area contributed by atoms with Crippen LogP contribution >= 0.6 is 0 Å². The zero-order chi connectivity index (χ0) is 14.0. The highest BCUT2D eigenvalue weighted by molar-refractivity contribution is 4.97. The van der Waals surface area contributed by atoms with Gasteiger partial charge in [0.25, 0.3) is 0 Å². The van der Waals surface area contributed by atoms with E-state index in [0.717, 1.165) is 18.3 Å². The number of hydrogen-bond acceptors (Lipinski definition) is 2. The molecule has 0 radical (unpaired) electrons. The molecular formula is C18H33NO. The molecule has 0 aromatic heterocycles. The molecule has 0 aromatic rings. The Bertz CT molecular complexity index is 271. The summed E-state index contributed by atoms with van der Waals surface area (Å²) in [6.07, 6.45) is 18.0. The molecule has 0 amide bonds. The third-order valence-corrected chi connectivity index (χ3v) is 4.98. The van der Waals surface area contributed by atoms with Crippen molar-refractivity contribution in [2.75, 3.05) is 26.2 Å². The molecule has 0 aromatic carbocycles. The first-order chi connectivity index (χ1) is 9.88. The maximum atomic E-state index is 8.84. The fourth-order valence-corrected chi connectivity index (χ4v) is 3.79. The van der Waals surface area contributed by atoms with E-state index < -0.39 is 0 Å². The second kappa shape index (κ2) is 9.57. The minimum Gasteiger partial charge on any atom is -0.396 e. The lowest BCUT2D eigenvalue weighted by Gasteiger charge is -2.27. The van der Waals surface area contributed by atoms with E-state index in [1.165, 1.54) is 77.4 Å². The molecular weight excluding hydrogens is 246 g/mol. The average molecular weight is 279 g/mol. The summed E-state index contributed by atoms with van der Waals surface area (Å²) in [4.78, 5) is 2.75. The summed E-state index contributed by atoms with van der Waals surface area (Å²) in [5.41, 5.74) is 0. The highest BCUT2D eigenvalue weighted by Gasteiger charge is 2.20.